The molecule has 0 saturated carbocycles. The second-order valence-electron chi connectivity index (χ2n) is 4.52. The van der Waals surface area contributed by atoms with E-state index in [9.17, 15) is 0 Å². The summed E-state index contributed by atoms with van der Waals surface area (Å²) in [4.78, 5) is 4.29. The lowest BCUT2D eigenvalue weighted by Gasteiger charge is -2.07. The predicted molar refractivity (Wildman–Crippen MR) is 75.4 cm³/mol. The van der Waals surface area contributed by atoms with Crippen LogP contribution in [0.25, 0.3) is 0 Å². The molecule has 2 nitrogen and oxygen atoms in total. The molecule has 1 aliphatic rings. The van der Waals surface area contributed by atoms with Crippen molar-refractivity contribution in [2.45, 2.75) is 24.6 Å². The monoisotopic (exact) mass is 303 g/mol. The molecule has 0 bridgehead atoms. The Bertz CT molecular complexity index is 551. The van der Waals surface area contributed by atoms with Crippen LogP contribution >= 0.6 is 15.9 Å². The van der Waals surface area contributed by atoms with Crippen molar-refractivity contribution >= 4 is 15.9 Å². The average Bonchev–Trinajstić information content (AvgIpc) is 2.87. The summed E-state index contributed by atoms with van der Waals surface area (Å²) >= 11 is 3.40. The Morgan fingerprint density at radius 1 is 1.11 bits per heavy atom. The van der Waals surface area contributed by atoms with Crippen molar-refractivity contribution in [1.82, 2.24) is 4.98 Å². The zero-order valence-electron chi connectivity index (χ0n) is 10.0. The predicted octanol–water partition coefficient (Wildman–Crippen LogP) is 4.26. The number of hydrogen-bond acceptors (Lipinski definition) is 2. The molecule has 0 aliphatic heterocycles. The first-order valence-corrected chi connectivity index (χ1v) is 7.28. The molecule has 3 rings (SSSR count). The van der Waals surface area contributed by atoms with Crippen LogP contribution < -0.4 is 4.74 Å². The van der Waals surface area contributed by atoms with Crippen LogP contribution in [-0.2, 0) is 18.2 Å². The first-order chi connectivity index (χ1) is 8.85. The summed E-state index contributed by atoms with van der Waals surface area (Å²) in [6, 6.07) is 10.3. The topological polar surface area (TPSA) is 22.1 Å². The number of benzene rings is 1. The largest absolute Gasteiger partial charge is 0.439 e. The van der Waals surface area contributed by atoms with E-state index in [-0.39, 0.29) is 0 Å². The number of aryl methyl sites for hydroxylation is 2. The van der Waals surface area contributed by atoms with Gasteiger partial charge in [0.25, 0.3) is 0 Å². The van der Waals surface area contributed by atoms with Gasteiger partial charge < -0.3 is 4.74 Å². The Labute approximate surface area is 115 Å². The Kier molecular flexibility index (Phi) is 3.33. The maximum Gasteiger partial charge on any atom is 0.219 e. The first kappa shape index (κ1) is 11.7. The maximum atomic E-state index is 5.78. The number of hydrogen-bond donors (Lipinski definition) is 0. The standard InChI is InChI=1S/C15H14BrNO/c16-9-11-4-7-15(17-10-11)18-14-6-5-12-2-1-3-13(12)8-14/h4-8,10H,1-3,9H2. The molecule has 0 saturated heterocycles. The van der Waals surface area contributed by atoms with E-state index < -0.39 is 0 Å². The minimum absolute atomic E-state index is 0.651. The van der Waals surface area contributed by atoms with E-state index in [1.807, 2.05) is 24.4 Å². The van der Waals surface area contributed by atoms with E-state index in [4.69, 9.17) is 4.74 Å². The highest BCUT2D eigenvalue weighted by Crippen LogP contribution is 2.28. The van der Waals surface area contributed by atoms with Crippen LogP contribution in [-0.4, -0.2) is 4.98 Å². The summed E-state index contributed by atoms with van der Waals surface area (Å²) in [6.07, 6.45) is 5.46. The molecule has 0 spiro atoms. The average molecular weight is 304 g/mol. The van der Waals surface area contributed by atoms with Gasteiger partial charge in [0.15, 0.2) is 0 Å². The molecule has 0 amide bonds. The van der Waals surface area contributed by atoms with Crippen LogP contribution in [0.3, 0.4) is 0 Å². The smallest absolute Gasteiger partial charge is 0.219 e. The molecular weight excluding hydrogens is 290 g/mol. The van der Waals surface area contributed by atoms with Crippen molar-refractivity contribution in [3.8, 4) is 11.6 Å². The van der Waals surface area contributed by atoms with Crippen LogP contribution in [0.4, 0.5) is 0 Å². The van der Waals surface area contributed by atoms with E-state index in [0.717, 1.165) is 16.6 Å². The van der Waals surface area contributed by atoms with E-state index in [0.29, 0.717) is 5.88 Å². The van der Waals surface area contributed by atoms with Crippen molar-refractivity contribution in [2.24, 2.45) is 0 Å². The van der Waals surface area contributed by atoms with Gasteiger partial charge in [0.2, 0.25) is 5.88 Å². The quantitative estimate of drug-likeness (QED) is 0.791. The number of rotatable bonds is 3. The molecule has 1 aromatic carbocycles. The lowest BCUT2D eigenvalue weighted by atomic mass is 10.1. The summed E-state index contributed by atoms with van der Waals surface area (Å²) < 4.78 is 5.78. The molecule has 1 aliphatic carbocycles. The maximum absolute atomic E-state index is 5.78. The van der Waals surface area contributed by atoms with Gasteiger partial charge in [-0.1, -0.05) is 28.1 Å². The molecule has 0 radical (unpaired) electrons. The normalized spacial score (nSPS) is 13.4. The first-order valence-electron chi connectivity index (χ1n) is 6.16. The molecule has 0 fully saturated rings. The van der Waals surface area contributed by atoms with E-state index >= 15 is 0 Å². The highest BCUT2D eigenvalue weighted by Gasteiger charge is 2.11. The van der Waals surface area contributed by atoms with Gasteiger partial charge in [-0.2, -0.15) is 0 Å². The van der Waals surface area contributed by atoms with E-state index in [1.54, 1.807) is 0 Å². The van der Waals surface area contributed by atoms with Gasteiger partial charge in [0.05, 0.1) is 0 Å². The van der Waals surface area contributed by atoms with E-state index in [1.165, 1.54) is 30.4 Å². The highest BCUT2D eigenvalue weighted by atomic mass is 79.9. The number of alkyl halides is 1. The summed E-state index contributed by atoms with van der Waals surface area (Å²) in [7, 11) is 0. The van der Waals surface area contributed by atoms with Gasteiger partial charge in [-0.05, 0) is 48.1 Å². The van der Waals surface area contributed by atoms with Crippen LogP contribution in [0.1, 0.15) is 23.1 Å². The van der Waals surface area contributed by atoms with Crippen LogP contribution in [0.15, 0.2) is 36.5 Å². The fraction of sp³-hybridized carbons (Fsp3) is 0.267. The number of nitrogens with zero attached hydrogens (tertiary/aromatic N) is 1. The van der Waals surface area contributed by atoms with Crippen LogP contribution in [0, 0.1) is 0 Å². The zero-order valence-corrected chi connectivity index (χ0v) is 11.6. The summed E-state index contributed by atoms with van der Waals surface area (Å²) in [5, 5.41) is 0.819. The van der Waals surface area contributed by atoms with Gasteiger partial charge in [-0.15, -0.1) is 0 Å². The Morgan fingerprint density at radius 2 is 2.00 bits per heavy atom. The molecule has 2 aromatic rings. The molecule has 0 N–H and O–H groups in total. The minimum Gasteiger partial charge on any atom is -0.439 e. The summed E-state index contributed by atoms with van der Waals surface area (Å²) in [5.41, 5.74) is 4.03. The molecule has 1 heterocycles. The second kappa shape index (κ2) is 5.11. The number of aromatic nitrogens is 1. The fourth-order valence-electron chi connectivity index (χ4n) is 2.28. The van der Waals surface area contributed by atoms with Crippen molar-refractivity contribution in [1.29, 1.82) is 0 Å². The number of pyridine rings is 1. The summed E-state index contributed by atoms with van der Waals surface area (Å²) in [6.45, 7) is 0. The lowest BCUT2D eigenvalue weighted by molar-refractivity contribution is 0.462. The summed E-state index contributed by atoms with van der Waals surface area (Å²) in [5.74, 6) is 1.53. The minimum atomic E-state index is 0.651. The van der Waals surface area contributed by atoms with Crippen LogP contribution in [0.5, 0.6) is 11.6 Å². The van der Waals surface area contributed by atoms with Gasteiger partial charge >= 0.3 is 0 Å². The highest BCUT2D eigenvalue weighted by molar-refractivity contribution is 9.08. The van der Waals surface area contributed by atoms with Crippen molar-refractivity contribution < 1.29 is 4.74 Å². The Morgan fingerprint density at radius 3 is 2.78 bits per heavy atom. The number of fused-ring (bicyclic) bond motifs is 1. The third kappa shape index (κ3) is 2.41. The second-order valence-corrected chi connectivity index (χ2v) is 5.09. The van der Waals surface area contributed by atoms with E-state index in [2.05, 4.69) is 33.0 Å². The Hall–Kier alpha value is -1.35. The number of halogens is 1. The van der Waals surface area contributed by atoms with Gasteiger partial charge in [0.1, 0.15) is 5.75 Å². The zero-order chi connectivity index (χ0) is 12.4. The molecule has 0 unspecified atom stereocenters. The molecule has 3 heteroatoms. The Balaban J connectivity index is 1.79. The van der Waals surface area contributed by atoms with Crippen LogP contribution in [0.2, 0.25) is 0 Å². The SMILES string of the molecule is BrCc1ccc(Oc2ccc3c(c2)CCC3)nc1. The van der Waals surface area contributed by atoms with Crippen molar-refractivity contribution in [3.63, 3.8) is 0 Å². The van der Waals surface area contributed by atoms with Gasteiger partial charge in [0, 0.05) is 17.6 Å². The third-order valence-corrected chi connectivity index (χ3v) is 3.89. The van der Waals surface area contributed by atoms with Crippen molar-refractivity contribution in [3.05, 3.63) is 53.2 Å². The molecule has 0 atom stereocenters. The lowest BCUT2D eigenvalue weighted by Crippen LogP contribution is -1.90. The van der Waals surface area contributed by atoms with Gasteiger partial charge in [-0.25, -0.2) is 4.98 Å². The van der Waals surface area contributed by atoms with Gasteiger partial charge in [-0.3, -0.25) is 0 Å². The molecule has 92 valence electrons. The fourth-order valence-corrected chi connectivity index (χ4v) is 2.61. The number of ether oxygens (including phenoxy) is 1. The molecular formula is C15H14BrNO. The molecule has 18 heavy (non-hydrogen) atoms. The molecule has 1 aromatic heterocycles. The van der Waals surface area contributed by atoms with Crippen molar-refractivity contribution in [2.75, 3.05) is 0 Å². The third-order valence-electron chi connectivity index (χ3n) is 3.24.